The summed E-state index contributed by atoms with van der Waals surface area (Å²) in [5, 5.41) is 9.26. The Bertz CT molecular complexity index is 1410. The Morgan fingerprint density at radius 2 is 1.97 bits per heavy atom. The lowest BCUT2D eigenvalue weighted by molar-refractivity contribution is -0.129. The van der Waals surface area contributed by atoms with E-state index in [2.05, 4.69) is 10.00 Å². The number of halogens is 2. The van der Waals surface area contributed by atoms with Crippen molar-refractivity contribution in [1.29, 1.82) is 0 Å². The molecule has 6 rings (SSSR count). The van der Waals surface area contributed by atoms with Gasteiger partial charge in [-0.1, -0.05) is 0 Å². The van der Waals surface area contributed by atoms with Gasteiger partial charge in [0.25, 0.3) is 6.43 Å². The average molecular weight is 523 g/mol. The fourth-order valence-corrected chi connectivity index (χ4v) is 6.29. The zero-order valence-electron chi connectivity index (χ0n) is 21.8. The first-order valence-corrected chi connectivity index (χ1v) is 13.4. The third-order valence-corrected chi connectivity index (χ3v) is 8.19. The van der Waals surface area contributed by atoms with Crippen LogP contribution in [0.15, 0.2) is 24.5 Å². The molecule has 2 aliphatic heterocycles. The normalized spacial score (nSPS) is 19.6. The molecule has 1 amide bonds. The number of fused-ring (bicyclic) bond motifs is 2. The molecule has 38 heavy (non-hydrogen) atoms. The molecule has 200 valence electrons. The number of aromatic nitrogens is 4. The molecule has 1 saturated carbocycles. The molecule has 3 aromatic rings. The van der Waals surface area contributed by atoms with Crippen LogP contribution in [0.1, 0.15) is 73.9 Å². The predicted octanol–water partition coefficient (Wildman–Crippen LogP) is 4.89. The van der Waals surface area contributed by atoms with Gasteiger partial charge in [-0.2, -0.15) is 10.2 Å². The minimum Gasteiger partial charge on any atom is -0.338 e. The Labute approximate surface area is 220 Å². The van der Waals surface area contributed by atoms with Gasteiger partial charge < -0.3 is 9.80 Å². The molecule has 2 aromatic heterocycles. The molecular formula is C28H32F2N6O2. The first kappa shape index (κ1) is 24.8. The molecule has 1 fully saturated rings. The van der Waals surface area contributed by atoms with Crippen molar-refractivity contribution >= 4 is 23.2 Å². The van der Waals surface area contributed by atoms with Crippen LogP contribution in [0.5, 0.6) is 0 Å². The van der Waals surface area contributed by atoms with Crippen LogP contribution in [0.3, 0.4) is 0 Å². The van der Waals surface area contributed by atoms with Crippen LogP contribution in [-0.2, 0) is 36.0 Å². The number of carbonyl (C=O) groups excluding carboxylic acids is 2. The fourth-order valence-electron chi connectivity index (χ4n) is 6.29. The number of benzene rings is 1. The third kappa shape index (κ3) is 4.29. The fraction of sp³-hybridized carbons (Fsp3) is 0.500. The monoisotopic (exact) mass is 522 g/mol. The summed E-state index contributed by atoms with van der Waals surface area (Å²) in [5.74, 6) is 0.975. The number of hydrogen-bond donors (Lipinski definition) is 0. The maximum atomic E-state index is 14.4. The molecular weight excluding hydrogens is 490 g/mol. The highest BCUT2D eigenvalue weighted by Crippen LogP contribution is 2.43. The molecule has 0 radical (unpaired) electrons. The zero-order chi connectivity index (χ0) is 26.6. The van der Waals surface area contributed by atoms with Gasteiger partial charge in [-0.05, 0) is 48.9 Å². The second-order valence-electron chi connectivity index (χ2n) is 10.7. The zero-order valence-corrected chi connectivity index (χ0v) is 21.8. The van der Waals surface area contributed by atoms with E-state index in [1.54, 1.807) is 37.1 Å². The van der Waals surface area contributed by atoms with Crippen LogP contribution in [0.25, 0.3) is 11.1 Å². The van der Waals surface area contributed by atoms with Gasteiger partial charge in [0, 0.05) is 80.6 Å². The van der Waals surface area contributed by atoms with E-state index in [1.807, 2.05) is 15.6 Å². The second-order valence-corrected chi connectivity index (χ2v) is 10.7. The summed E-state index contributed by atoms with van der Waals surface area (Å²) in [6, 6.07) is 3.49. The Hall–Kier alpha value is -3.56. The van der Waals surface area contributed by atoms with E-state index in [4.69, 9.17) is 5.10 Å². The van der Waals surface area contributed by atoms with Gasteiger partial charge in [-0.25, -0.2) is 8.78 Å². The molecule has 1 atom stereocenters. The van der Waals surface area contributed by atoms with Crippen LogP contribution >= 0.6 is 0 Å². The molecule has 0 bridgehead atoms. The molecule has 1 aromatic carbocycles. The molecule has 0 spiro atoms. The lowest BCUT2D eigenvalue weighted by Crippen LogP contribution is -2.36. The number of aryl methyl sites for hydroxylation is 2. The number of Topliss-reactive ketones (excluding diaryl/α,β-unsaturated/α-hetero) is 1. The summed E-state index contributed by atoms with van der Waals surface area (Å²) >= 11 is 0. The van der Waals surface area contributed by atoms with Crippen molar-refractivity contribution in [3.8, 4) is 11.1 Å². The quantitative estimate of drug-likeness (QED) is 0.488. The highest BCUT2D eigenvalue weighted by Gasteiger charge is 2.34. The molecule has 8 nitrogen and oxygen atoms in total. The van der Waals surface area contributed by atoms with E-state index in [0.717, 1.165) is 54.0 Å². The SMILES string of the molecule is CC(=O)N1CCc2c(c(N3CCCc4cc(-c5cnn(C)c5)c(C(F)F)cc43)nn2[C@@H]2CCCC(=O)C2)C1. The molecule has 0 N–H and O–H groups in total. The maximum absolute atomic E-state index is 14.4. The number of ketones is 1. The number of anilines is 2. The van der Waals surface area contributed by atoms with E-state index in [9.17, 15) is 18.4 Å². The van der Waals surface area contributed by atoms with Crippen molar-refractivity contribution in [3.63, 3.8) is 0 Å². The Balaban J connectivity index is 1.47. The Kier molecular flexibility index (Phi) is 6.28. The van der Waals surface area contributed by atoms with E-state index in [1.165, 1.54) is 0 Å². The number of amides is 1. The highest BCUT2D eigenvalue weighted by molar-refractivity contribution is 5.80. The molecule has 0 unspecified atom stereocenters. The van der Waals surface area contributed by atoms with Crippen molar-refractivity contribution < 1.29 is 18.4 Å². The number of hydrogen-bond acceptors (Lipinski definition) is 5. The van der Waals surface area contributed by atoms with Gasteiger partial charge in [-0.3, -0.25) is 19.0 Å². The van der Waals surface area contributed by atoms with Crippen molar-refractivity contribution in [2.75, 3.05) is 18.0 Å². The van der Waals surface area contributed by atoms with E-state index in [0.29, 0.717) is 50.0 Å². The standard InChI is InChI=1S/C28H32F2N6O2/c1-17(37)34-10-8-25-24(16-34)28(32-36(25)20-6-3-7-21(38)12-20)35-9-4-5-18-11-22(19-14-31-33(2)15-19)23(27(29)30)13-26(18)35/h11,13-15,20,27H,3-10,12,16H2,1-2H3/t20-/m1/s1. The lowest BCUT2D eigenvalue weighted by Gasteiger charge is -2.33. The third-order valence-electron chi connectivity index (χ3n) is 8.19. The topological polar surface area (TPSA) is 76.3 Å². The molecule has 4 heterocycles. The molecule has 3 aliphatic rings. The summed E-state index contributed by atoms with van der Waals surface area (Å²) in [6.07, 6.45) is 5.83. The summed E-state index contributed by atoms with van der Waals surface area (Å²) < 4.78 is 32.4. The maximum Gasteiger partial charge on any atom is 0.264 e. The summed E-state index contributed by atoms with van der Waals surface area (Å²) in [4.78, 5) is 28.5. The van der Waals surface area contributed by atoms with E-state index in [-0.39, 0.29) is 23.3 Å². The predicted molar refractivity (Wildman–Crippen MR) is 138 cm³/mol. The molecule has 0 saturated heterocycles. The average Bonchev–Trinajstić information content (AvgIpc) is 3.50. The van der Waals surface area contributed by atoms with Crippen LogP contribution in [-0.4, -0.2) is 49.2 Å². The summed E-state index contributed by atoms with van der Waals surface area (Å²) in [7, 11) is 1.77. The Morgan fingerprint density at radius 3 is 2.68 bits per heavy atom. The van der Waals surface area contributed by atoms with Gasteiger partial charge in [0.2, 0.25) is 5.91 Å². The van der Waals surface area contributed by atoms with Crippen LogP contribution in [0.4, 0.5) is 20.3 Å². The van der Waals surface area contributed by atoms with Gasteiger partial charge in [0.15, 0.2) is 5.82 Å². The van der Waals surface area contributed by atoms with Crippen LogP contribution < -0.4 is 4.90 Å². The second kappa shape index (κ2) is 9.63. The van der Waals surface area contributed by atoms with Gasteiger partial charge >= 0.3 is 0 Å². The van der Waals surface area contributed by atoms with E-state index >= 15 is 0 Å². The minimum atomic E-state index is -2.65. The van der Waals surface area contributed by atoms with Crippen molar-refractivity contribution in [2.45, 2.75) is 70.9 Å². The number of nitrogens with zero attached hydrogens (tertiary/aromatic N) is 6. The Morgan fingerprint density at radius 1 is 1.13 bits per heavy atom. The molecule has 1 aliphatic carbocycles. The van der Waals surface area contributed by atoms with E-state index < -0.39 is 6.43 Å². The van der Waals surface area contributed by atoms with Crippen molar-refractivity contribution in [1.82, 2.24) is 24.5 Å². The van der Waals surface area contributed by atoms with Gasteiger partial charge in [-0.15, -0.1) is 0 Å². The summed E-state index contributed by atoms with van der Waals surface area (Å²) in [5.41, 5.74) is 4.91. The number of rotatable bonds is 4. The highest BCUT2D eigenvalue weighted by atomic mass is 19.3. The summed E-state index contributed by atoms with van der Waals surface area (Å²) in [6.45, 7) is 3.26. The molecule has 10 heteroatoms. The lowest BCUT2D eigenvalue weighted by atomic mass is 9.92. The van der Waals surface area contributed by atoms with Gasteiger partial charge in [0.05, 0.1) is 18.8 Å². The number of alkyl halides is 2. The van der Waals surface area contributed by atoms with Crippen LogP contribution in [0, 0.1) is 0 Å². The minimum absolute atomic E-state index is 0.00216. The number of carbonyl (C=O) groups is 2. The first-order chi connectivity index (χ1) is 18.3. The van der Waals surface area contributed by atoms with Crippen molar-refractivity contribution in [2.24, 2.45) is 7.05 Å². The largest absolute Gasteiger partial charge is 0.338 e. The first-order valence-electron chi connectivity index (χ1n) is 13.4. The van der Waals surface area contributed by atoms with Crippen LogP contribution in [0.2, 0.25) is 0 Å². The smallest absolute Gasteiger partial charge is 0.264 e. The van der Waals surface area contributed by atoms with Crippen molar-refractivity contribution in [3.05, 3.63) is 46.9 Å². The van der Waals surface area contributed by atoms with Gasteiger partial charge in [0.1, 0.15) is 5.78 Å².